The first-order valence-electron chi connectivity index (χ1n) is 4.01. The Kier molecular flexibility index (Phi) is 3.90. The van der Waals surface area contributed by atoms with Crippen LogP contribution in [-0.4, -0.2) is 25.9 Å². The molecule has 0 aliphatic carbocycles. The molecular formula is C8H9ClFNO3S. The molecular weight excluding hydrogens is 245 g/mol. The fourth-order valence-electron chi connectivity index (χ4n) is 0.910. The minimum absolute atomic E-state index is 0.162. The van der Waals surface area contributed by atoms with Crippen molar-refractivity contribution < 1.29 is 17.9 Å². The second kappa shape index (κ2) is 4.78. The van der Waals surface area contributed by atoms with Crippen molar-refractivity contribution in [1.29, 1.82) is 0 Å². The monoisotopic (exact) mass is 253 g/mol. The van der Waals surface area contributed by atoms with E-state index in [9.17, 15) is 12.8 Å². The van der Waals surface area contributed by atoms with E-state index < -0.39 is 28.2 Å². The summed E-state index contributed by atoms with van der Waals surface area (Å²) in [5, 5.41) is 8.31. The van der Waals surface area contributed by atoms with Crippen molar-refractivity contribution in [2.45, 2.75) is 0 Å². The van der Waals surface area contributed by atoms with Crippen LogP contribution in [0.5, 0.6) is 0 Å². The number of aliphatic hydroxyl groups is 1. The first-order valence-corrected chi connectivity index (χ1v) is 6.04. The highest BCUT2D eigenvalue weighted by molar-refractivity contribution is 7.92. The van der Waals surface area contributed by atoms with Gasteiger partial charge in [0.2, 0.25) is 10.0 Å². The fraction of sp³-hybridized carbons (Fsp3) is 0.250. The lowest BCUT2D eigenvalue weighted by Gasteiger charge is -2.06. The Morgan fingerprint density at radius 3 is 2.67 bits per heavy atom. The summed E-state index contributed by atoms with van der Waals surface area (Å²) in [6.45, 7) is -0.482. The third-order valence-electron chi connectivity index (χ3n) is 1.55. The quantitative estimate of drug-likeness (QED) is 0.848. The predicted molar refractivity (Wildman–Crippen MR) is 55.9 cm³/mol. The molecule has 2 N–H and O–H groups in total. The van der Waals surface area contributed by atoms with Gasteiger partial charge < -0.3 is 5.11 Å². The van der Waals surface area contributed by atoms with E-state index in [1.165, 1.54) is 6.07 Å². The minimum atomic E-state index is -3.60. The second-order valence-corrected chi connectivity index (χ2v) is 5.02. The Bertz CT molecular complexity index is 449. The summed E-state index contributed by atoms with van der Waals surface area (Å²) in [6.07, 6.45) is 0. The minimum Gasteiger partial charge on any atom is -0.395 e. The summed E-state index contributed by atoms with van der Waals surface area (Å²) in [6, 6.07) is 3.46. The lowest BCUT2D eigenvalue weighted by molar-refractivity contribution is 0.320. The zero-order valence-electron chi connectivity index (χ0n) is 7.57. The largest absolute Gasteiger partial charge is 0.395 e. The van der Waals surface area contributed by atoms with E-state index in [0.717, 1.165) is 12.1 Å². The molecule has 4 nitrogen and oxygen atoms in total. The molecule has 1 aromatic rings. The van der Waals surface area contributed by atoms with Crippen molar-refractivity contribution in [3.8, 4) is 0 Å². The SMILES string of the molecule is O=S(=O)(CCO)Nc1ccc(F)c(Cl)c1. The van der Waals surface area contributed by atoms with Gasteiger partial charge in [-0.1, -0.05) is 11.6 Å². The van der Waals surface area contributed by atoms with Gasteiger partial charge in [-0.2, -0.15) is 0 Å². The molecule has 0 atom stereocenters. The summed E-state index contributed by atoms with van der Waals surface area (Å²) < 4.78 is 37.3. The average Bonchev–Trinajstić information content (AvgIpc) is 2.10. The van der Waals surface area contributed by atoms with Gasteiger partial charge >= 0.3 is 0 Å². The fourth-order valence-corrected chi connectivity index (χ4v) is 1.92. The number of nitrogens with one attached hydrogen (secondary N) is 1. The number of hydrogen-bond acceptors (Lipinski definition) is 3. The van der Waals surface area contributed by atoms with Crippen LogP contribution < -0.4 is 4.72 Å². The highest BCUT2D eigenvalue weighted by Crippen LogP contribution is 2.20. The van der Waals surface area contributed by atoms with Gasteiger partial charge in [-0.15, -0.1) is 0 Å². The summed E-state index contributed by atoms with van der Waals surface area (Å²) in [7, 11) is -3.60. The first-order chi connectivity index (χ1) is 6.94. The topological polar surface area (TPSA) is 66.4 Å². The van der Waals surface area contributed by atoms with Gasteiger partial charge in [0, 0.05) is 0 Å². The third kappa shape index (κ3) is 3.65. The van der Waals surface area contributed by atoms with Crippen LogP contribution in [0.15, 0.2) is 18.2 Å². The number of halogens is 2. The van der Waals surface area contributed by atoms with E-state index in [0.29, 0.717) is 0 Å². The zero-order chi connectivity index (χ0) is 11.5. The van der Waals surface area contributed by atoms with Crippen LogP contribution in [0.2, 0.25) is 5.02 Å². The number of aliphatic hydroxyl groups excluding tert-OH is 1. The molecule has 0 aliphatic heterocycles. The number of sulfonamides is 1. The van der Waals surface area contributed by atoms with Crippen molar-refractivity contribution in [3.63, 3.8) is 0 Å². The average molecular weight is 254 g/mol. The molecule has 0 heterocycles. The number of rotatable bonds is 4. The standard InChI is InChI=1S/C8H9ClFNO3S/c9-7-5-6(1-2-8(7)10)11-15(13,14)4-3-12/h1-2,5,11-12H,3-4H2. The highest BCUT2D eigenvalue weighted by Gasteiger charge is 2.10. The normalized spacial score (nSPS) is 11.4. The molecule has 0 amide bonds. The van der Waals surface area contributed by atoms with Crippen LogP contribution in [0.1, 0.15) is 0 Å². The molecule has 0 aliphatic rings. The summed E-state index contributed by atoms with van der Waals surface area (Å²) in [5.74, 6) is -1.04. The maximum Gasteiger partial charge on any atom is 0.234 e. The molecule has 1 aromatic carbocycles. The Balaban J connectivity index is 2.86. The molecule has 1 rings (SSSR count). The first kappa shape index (κ1) is 12.2. The lowest BCUT2D eigenvalue weighted by atomic mass is 10.3. The van der Waals surface area contributed by atoms with E-state index in [-0.39, 0.29) is 10.7 Å². The molecule has 0 radical (unpaired) electrons. The van der Waals surface area contributed by atoms with Gasteiger partial charge in [-0.3, -0.25) is 4.72 Å². The van der Waals surface area contributed by atoms with Gasteiger partial charge in [0.25, 0.3) is 0 Å². The van der Waals surface area contributed by atoms with E-state index in [4.69, 9.17) is 16.7 Å². The number of hydrogen-bond donors (Lipinski definition) is 2. The van der Waals surface area contributed by atoms with E-state index in [2.05, 4.69) is 4.72 Å². The van der Waals surface area contributed by atoms with Crippen LogP contribution >= 0.6 is 11.6 Å². The van der Waals surface area contributed by atoms with Gasteiger partial charge in [0.05, 0.1) is 23.1 Å². The van der Waals surface area contributed by atoms with Crippen molar-refractivity contribution in [1.82, 2.24) is 0 Å². The predicted octanol–water partition coefficient (Wildman–Crippen LogP) is 1.21. The van der Waals surface area contributed by atoms with Gasteiger partial charge in [0.15, 0.2) is 0 Å². The molecule has 0 unspecified atom stereocenters. The van der Waals surface area contributed by atoms with Crippen LogP contribution in [0.25, 0.3) is 0 Å². The summed E-state index contributed by atoms with van der Waals surface area (Å²) >= 11 is 5.46. The smallest absolute Gasteiger partial charge is 0.234 e. The van der Waals surface area contributed by atoms with Crippen molar-refractivity contribution in [3.05, 3.63) is 29.0 Å². The number of anilines is 1. The number of benzene rings is 1. The summed E-state index contributed by atoms with van der Waals surface area (Å²) in [5.41, 5.74) is 0.162. The molecule has 0 spiro atoms. The van der Waals surface area contributed by atoms with Crippen LogP contribution in [0.4, 0.5) is 10.1 Å². The van der Waals surface area contributed by atoms with E-state index in [1.807, 2.05) is 0 Å². The Morgan fingerprint density at radius 2 is 2.13 bits per heavy atom. The third-order valence-corrected chi connectivity index (χ3v) is 3.11. The Morgan fingerprint density at radius 1 is 1.47 bits per heavy atom. The van der Waals surface area contributed by atoms with Crippen molar-refractivity contribution in [2.75, 3.05) is 17.1 Å². The maximum atomic E-state index is 12.7. The molecule has 7 heteroatoms. The molecule has 15 heavy (non-hydrogen) atoms. The van der Waals surface area contributed by atoms with Gasteiger partial charge in [-0.05, 0) is 18.2 Å². The van der Waals surface area contributed by atoms with Crippen LogP contribution in [0.3, 0.4) is 0 Å². The molecule has 0 bridgehead atoms. The second-order valence-electron chi connectivity index (χ2n) is 2.77. The van der Waals surface area contributed by atoms with Gasteiger partial charge in [0.1, 0.15) is 5.82 Å². The van der Waals surface area contributed by atoms with E-state index in [1.54, 1.807) is 0 Å². The van der Waals surface area contributed by atoms with Crippen LogP contribution in [0, 0.1) is 5.82 Å². The molecule has 0 aromatic heterocycles. The molecule has 0 saturated carbocycles. The lowest BCUT2D eigenvalue weighted by Crippen LogP contribution is -2.18. The zero-order valence-corrected chi connectivity index (χ0v) is 9.15. The molecule has 0 saturated heterocycles. The Labute approximate surface area is 91.7 Å². The van der Waals surface area contributed by atoms with Crippen molar-refractivity contribution >= 4 is 27.3 Å². The van der Waals surface area contributed by atoms with Crippen LogP contribution in [-0.2, 0) is 10.0 Å². The Hall–Kier alpha value is -0.850. The maximum absolute atomic E-state index is 12.7. The molecule has 84 valence electrons. The van der Waals surface area contributed by atoms with E-state index >= 15 is 0 Å². The van der Waals surface area contributed by atoms with Crippen molar-refractivity contribution in [2.24, 2.45) is 0 Å². The highest BCUT2D eigenvalue weighted by atomic mass is 35.5. The molecule has 0 fully saturated rings. The summed E-state index contributed by atoms with van der Waals surface area (Å²) in [4.78, 5) is 0. The van der Waals surface area contributed by atoms with Gasteiger partial charge in [-0.25, -0.2) is 12.8 Å².